The second-order valence-electron chi connectivity index (χ2n) is 6.33. The van der Waals surface area contributed by atoms with Gasteiger partial charge in [-0.15, -0.1) is 0 Å². The van der Waals surface area contributed by atoms with Crippen LogP contribution < -0.4 is 14.4 Å². The molecule has 30 heavy (non-hydrogen) atoms. The lowest BCUT2D eigenvalue weighted by molar-refractivity contribution is 0.0951. The van der Waals surface area contributed by atoms with E-state index in [2.05, 4.69) is 10.3 Å². The molecule has 0 saturated carbocycles. The van der Waals surface area contributed by atoms with Gasteiger partial charge in [-0.1, -0.05) is 29.8 Å². The maximum atomic E-state index is 13.2. The molecule has 0 aliphatic heterocycles. The van der Waals surface area contributed by atoms with E-state index in [1.807, 2.05) is 6.07 Å². The fourth-order valence-corrected chi connectivity index (χ4v) is 4.23. The molecule has 3 rings (SSSR count). The first-order chi connectivity index (χ1) is 14.3. The molecule has 1 amide bonds. The predicted octanol–water partition coefficient (Wildman–Crippen LogP) is 3.50. The molecule has 9 heteroatoms. The Morgan fingerprint density at radius 3 is 2.63 bits per heavy atom. The Morgan fingerprint density at radius 2 is 1.93 bits per heavy atom. The van der Waals surface area contributed by atoms with Crippen LogP contribution in [-0.4, -0.2) is 33.5 Å². The monoisotopic (exact) mass is 445 g/mol. The highest BCUT2D eigenvalue weighted by Crippen LogP contribution is 2.31. The first-order valence-electron chi connectivity index (χ1n) is 8.93. The molecule has 0 bridgehead atoms. The number of carbonyl (C=O) groups excluding carboxylic acids is 1. The van der Waals surface area contributed by atoms with Crippen LogP contribution in [0.1, 0.15) is 15.9 Å². The van der Waals surface area contributed by atoms with E-state index in [1.54, 1.807) is 42.7 Å². The highest BCUT2D eigenvalue weighted by molar-refractivity contribution is 7.92. The van der Waals surface area contributed by atoms with E-state index in [0.29, 0.717) is 11.4 Å². The lowest BCUT2D eigenvalue weighted by Crippen LogP contribution is -2.28. The Kier molecular flexibility index (Phi) is 6.59. The van der Waals surface area contributed by atoms with Crippen molar-refractivity contribution in [3.8, 4) is 5.75 Å². The molecule has 0 spiro atoms. The summed E-state index contributed by atoms with van der Waals surface area (Å²) in [7, 11) is -1.07. The molecule has 0 fully saturated rings. The second-order valence-corrected chi connectivity index (χ2v) is 8.71. The molecule has 1 N–H and O–H groups in total. The molecule has 0 atom stereocenters. The van der Waals surface area contributed by atoms with Gasteiger partial charge in [-0.05, 0) is 42.0 Å². The summed E-state index contributed by atoms with van der Waals surface area (Å²) in [6.45, 7) is 0.237. The lowest BCUT2D eigenvalue weighted by atomic mass is 10.2. The molecule has 0 radical (unpaired) electrons. The maximum absolute atomic E-state index is 13.2. The van der Waals surface area contributed by atoms with Gasteiger partial charge in [-0.2, -0.15) is 0 Å². The lowest BCUT2D eigenvalue weighted by Gasteiger charge is -2.22. The van der Waals surface area contributed by atoms with Crippen LogP contribution >= 0.6 is 11.6 Å². The average molecular weight is 446 g/mol. The average Bonchev–Trinajstić information content (AvgIpc) is 2.77. The zero-order chi connectivity index (χ0) is 21.7. The largest absolute Gasteiger partial charge is 0.495 e. The fourth-order valence-electron chi connectivity index (χ4n) is 2.80. The number of carbonyl (C=O) groups is 1. The predicted molar refractivity (Wildman–Crippen MR) is 115 cm³/mol. The highest BCUT2D eigenvalue weighted by atomic mass is 35.5. The van der Waals surface area contributed by atoms with Crippen LogP contribution in [0.2, 0.25) is 5.02 Å². The van der Waals surface area contributed by atoms with Crippen molar-refractivity contribution >= 4 is 33.2 Å². The van der Waals surface area contributed by atoms with Gasteiger partial charge in [0.2, 0.25) is 0 Å². The smallest absolute Gasteiger partial charge is 0.264 e. The van der Waals surface area contributed by atoms with Gasteiger partial charge in [-0.3, -0.25) is 14.1 Å². The molecule has 2 aromatic carbocycles. The number of halogens is 1. The highest BCUT2D eigenvalue weighted by Gasteiger charge is 2.25. The molecule has 0 saturated heterocycles. The molecular weight excluding hydrogens is 426 g/mol. The van der Waals surface area contributed by atoms with Crippen molar-refractivity contribution < 1.29 is 17.9 Å². The third-order valence-corrected chi connectivity index (χ3v) is 6.54. The molecule has 0 unspecified atom stereocenters. The van der Waals surface area contributed by atoms with Crippen LogP contribution in [0, 0.1) is 0 Å². The van der Waals surface area contributed by atoms with E-state index in [1.165, 1.54) is 32.4 Å². The number of hydrogen-bond acceptors (Lipinski definition) is 5. The molecule has 1 heterocycles. The Bertz CT molecular complexity index is 1150. The number of pyridine rings is 1. The summed E-state index contributed by atoms with van der Waals surface area (Å²) in [4.78, 5) is 16.5. The van der Waals surface area contributed by atoms with E-state index in [0.717, 1.165) is 9.87 Å². The Hall–Kier alpha value is -3.10. The van der Waals surface area contributed by atoms with E-state index >= 15 is 0 Å². The first kappa shape index (κ1) is 21.6. The number of rotatable bonds is 7. The topological polar surface area (TPSA) is 88.6 Å². The number of nitrogens with zero attached hydrogens (tertiary/aromatic N) is 2. The second kappa shape index (κ2) is 9.15. The third kappa shape index (κ3) is 4.55. The summed E-state index contributed by atoms with van der Waals surface area (Å²) in [5.74, 6) is -0.0761. The normalized spacial score (nSPS) is 11.0. The SMILES string of the molecule is COc1ccccc1N(C)S(=O)(=O)c1ccc(Cl)c(C(=O)NCc2cccnc2)c1. The van der Waals surface area contributed by atoms with Gasteiger partial charge in [0.1, 0.15) is 5.75 Å². The van der Waals surface area contributed by atoms with Crippen molar-refractivity contribution in [1.82, 2.24) is 10.3 Å². The molecule has 156 valence electrons. The van der Waals surface area contributed by atoms with Gasteiger partial charge in [0.05, 0.1) is 28.3 Å². The molecule has 0 aliphatic carbocycles. The van der Waals surface area contributed by atoms with Gasteiger partial charge in [0.15, 0.2) is 0 Å². The van der Waals surface area contributed by atoms with E-state index in [9.17, 15) is 13.2 Å². The number of hydrogen-bond donors (Lipinski definition) is 1. The van der Waals surface area contributed by atoms with Gasteiger partial charge in [0.25, 0.3) is 15.9 Å². The number of sulfonamides is 1. The number of methoxy groups -OCH3 is 1. The van der Waals surface area contributed by atoms with Crippen LogP contribution in [-0.2, 0) is 16.6 Å². The quantitative estimate of drug-likeness (QED) is 0.601. The maximum Gasteiger partial charge on any atom is 0.264 e. The van der Waals surface area contributed by atoms with Gasteiger partial charge < -0.3 is 10.1 Å². The number of para-hydroxylation sites is 2. The number of benzene rings is 2. The number of nitrogens with one attached hydrogen (secondary N) is 1. The Morgan fingerprint density at radius 1 is 1.17 bits per heavy atom. The Balaban J connectivity index is 1.88. The van der Waals surface area contributed by atoms with Crippen molar-refractivity contribution in [2.45, 2.75) is 11.4 Å². The molecular formula is C21H20ClN3O4S. The van der Waals surface area contributed by atoms with Crippen LogP contribution in [0.4, 0.5) is 5.69 Å². The molecule has 1 aromatic heterocycles. The summed E-state index contributed by atoms with van der Waals surface area (Å²) >= 11 is 6.17. The van der Waals surface area contributed by atoms with Gasteiger partial charge in [0, 0.05) is 26.0 Å². The first-order valence-corrected chi connectivity index (χ1v) is 10.7. The standard InChI is InChI=1S/C21H20ClN3O4S/c1-25(19-7-3-4-8-20(19)29-2)30(27,28)16-9-10-18(22)17(12-16)21(26)24-14-15-6-5-11-23-13-15/h3-13H,14H2,1-2H3,(H,24,26). The number of anilines is 1. The number of amides is 1. The zero-order valence-electron chi connectivity index (χ0n) is 16.4. The van der Waals surface area contributed by atoms with E-state index in [4.69, 9.17) is 16.3 Å². The van der Waals surface area contributed by atoms with Crippen molar-refractivity contribution in [2.24, 2.45) is 0 Å². The fraction of sp³-hybridized carbons (Fsp3) is 0.143. The minimum atomic E-state index is -3.96. The van der Waals surface area contributed by atoms with Crippen molar-refractivity contribution in [2.75, 3.05) is 18.5 Å². The molecule has 0 aliphatic rings. The van der Waals surface area contributed by atoms with Crippen LogP contribution in [0.15, 0.2) is 71.9 Å². The number of aromatic nitrogens is 1. The third-order valence-electron chi connectivity index (χ3n) is 4.44. The minimum absolute atomic E-state index is 0.0631. The zero-order valence-corrected chi connectivity index (χ0v) is 17.9. The van der Waals surface area contributed by atoms with E-state index < -0.39 is 15.9 Å². The number of ether oxygens (including phenoxy) is 1. The summed E-state index contributed by atoms with van der Waals surface area (Å²) < 4.78 is 32.7. The summed E-state index contributed by atoms with van der Waals surface area (Å²) in [5.41, 5.74) is 1.24. The molecule has 7 nitrogen and oxygen atoms in total. The summed E-state index contributed by atoms with van der Waals surface area (Å²) in [6, 6.07) is 14.4. The summed E-state index contributed by atoms with van der Waals surface area (Å²) in [5, 5.41) is 2.87. The molecule has 3 aromatic rings. The van der Waals surface area contributed by atoms with Crippen LogP contribution in [0.5, 0.6) is 5.75 Å². The van der Waals surface area contributed by atoms with Crippen molar-refractivity contribution in [1.29, 1.82) is 0 Å². The van der Waals surface area contributed by atoms with Crippen molar-refractivity contribution in [3.05, 3.63) is 83.1 Å². The van der Waals surface area contributed by atoms with Gasteiger partial charge in [-0.25, -0.2) is 8.42 Å². The summed E-state index contributed by atoms with van der Waals surface area (Å²) in [6.07, 6.45) is 3.26. The van der Waals surface area contributed by atoms with Crippen molar-refractivity contribution in [3.63, 3.8) is 0 Å². The minimum Gasteiger partial charge on any atom is -0.495 e. The van der Waals surface area contributed by atoms with Crippen LogP contribution in [0.3, 0.4) is 0 Å². The van der Waals surface area contributed by atoms with Crippen LogP contribution in [0.25, 0.3) is 0 Å². The van der Waals surface area contributed by atoms with Gasteiger partial charge >= 0.3 is 0 Å². The van der Waals surface area contributed by atoms with E-state index in [-0.39, 0.29) is 22.0 Å². The Labute approximate surface area is 180 Å².